The lowest BCUT2D eigenvalue weighted by molar-refractivity contribution is -0.124. The molecule has 2 amide bonds. The molecule has 0 radical (unpaired) electrons. The highest BCUT2D eigenvalue weighted by Gasteiger charge is 2.62. The first-order valence-corrected chi connectivity index (χ1v) is 6.49. The third-order valence-electron chi connectivity index (χ3n) is 4.37. The Kier molecular flexibility index (Phi) is 2.07. The van der Waals surface area contributed by atoms with E-state index in [2.05, 4.69) is 0 Å². The molecule has 3 fully saturated rings. The van der Waals surface area contributed by atoms with Gasteiger partial charge in [0, 0.05) is 6.07 Å². The van der Waals surface area contributed by atoms with Crippen molar-refractivity contribution in [2.24, 2.45) is 11.8 Å². The average molecular weight is 259 g/mol. The molecule has 1 aromatic rings. The average Bonchev–Trinajstić information content (AvgIpc) is 3.04. The highest BCUT2D eigenvalue weighted by molar-refractivity contribution is 6.22. The molecular formula is C14H13NO4. The lowest BCUT2D eigenvalue weighted by Gasteiger charge is -2.17. The number of phenols is 1. The van der Waals surface area contributed by atoms with E-state index in [9.17, 15) is 14.7 Å². The predicted molar refractivity (Wildman–Crippen MR) is 65.5 cm³/mol. The summed E-state index contributed by atoms with van der Waals surface area (Å²) in [6.07, 6.45) is 1.51. The zero-order valence-corrected chi connectivity index (χ0v) is 10.2. The van der Waals surface area contributed by atoms with Gasteiger partial charge in [0.15, 0.2) is 0 Å². The maximum absolute atomic E-state index is 12.4. The van der Waals surface area contributed by atoms with Crippen LogP contribution in [0.1, 0.15) is 12.8 Å². The molecule has 3 saturated heterocycles. The molecule has 5 heteroatoms. The number of fused-ring (bicyclic) bond motifs is 5. The predicted octanol–water partition coefficient (Wildman–Crippen LogP) is 1.06. The summed E-state index contributed by atoms with van der Waals surface area (Å²) in [6.45, 7) is 0. The van der Waals surface area contributed by atoms with Crippen LogP contribution in [0, 0.1) is 11.8 Å². The van der Waals surface area contributed by atoms with Gasteiger partial charge in [0.25, 0.3) is 0 Å². The lowest BCUT2D eigenvalue weighted by atomic mass is 9.81. The van der Waals surface area contributed by atoms with E-state index < -0.39 is 0 Å². The molecular weight excluding hydrogens is 246 g/mol. The molecule has 0 saturated carbocycles. The van der Waals surface area contributed by atoms with E-state index in [0.29, 0.717) is 5.69 Å². The minimum Gasteiger partial charge on any atom is -0.508 e. The van der Waals surface area contributed by atoms with Crippen LogP contribution in [0.3, 0.4) is 0 Å². The van der Waals surface area contributed by atoms with Crippen molar-refractivity contribution in [2.45, 2.75) is 25.0 Å². The third kappa shape index (κ3) is 1.33. The Labute approximate surface area is 109 Å². The largest absolute Gasteiger partial charge is 0.508 e. The number of benzene rings is 1. The Morgan fingerprint density at radius 2 is 1.74 bits per heavy atom. The summed E-state index contributed by atoms with van der Waals surface area (Å²) in [5, 5.41) is 9.49. The molecule has 4 rings (SSSR count). The van der Waals surface area contributed by atoms with Gasteiger partial charge in [0.05, 0.1) is 29.7 Å². The Bertz CT molecular complexity index is 557. The molecule has 98 valence electrons. The molecule has 3 heterocycles. The number of imide groups is 1. The van der Waals surface area contributed by atoms with Crippen molar-refractivity contribution in [3.63, 3.8) is 0 Å². The topological polar surface area (TPSA) is 66.8 Å². The maximum atomic E-state index is 12.4. The zero-order valence-electron chi connectivity index (χ0n) is 10.2. The number of rotatable bonds is 1. The molecule has 1 aromatic carbocycles. The van der Waals surface area contributed by atoms with E-state index in [1.54, 1.807) is 12.1 Å². The summed E-state index contributed by atoms with van der Waals surface area (Å²) >= 11 is 0. The van der Waals surface area contributed by atoms with Crippen LogP contribution in [0.15, 0.2) is 24.3 Å². The van der Waals surface area contributed by atoms with Crippen LogP contribution in [0.5, 0.6) is 5.75 Å². The van der Waals surface area contributed by atoms with E-state index in [1.165, 1.54) is 17.0 Å². The summed E-state index contributed by atoms with van der Waals surface area (Å²) in [7, 11) is 0. The number of anilines is 1. The van der Waals surface area contributed by atoms with Gasteiger partial charge in [-0.25, -0.2) is 4.90 Å². The Balaban J connectivity index is 1.75. The second-order valence-corrected chi connectivity index (χ2v) is 5.37. The van der Waals surface area contributed by atoms with Gasteiger partial charge in [-0.3, -0.25) is 9.59 Å². The van der Waals surface area contributed by atoms with Gasteiger partial charge >= 0.3 is 0 Å². The molecule has 5 nitrogen and oxygen atoms in total. The van der Waals surface area contributed by atoms with Crippen LogP contribution in [0.4, 0.5) is 5.69 Å². The lowest BCUT2D eigenvalue weighted by Crippen LogP contribution is -2.34. The fourth-order valence-electron chi connectivity index (χ4n) is 3.60. The van der Waals surface area contributed by atoms with Crippen molar-refractivity contribution in [3.05, 3.63) is 24.3 Å². The van der Waals surface area contributed by atoms with E-state index in [4.69, 9.17) is 4.74 Å². The summed E-state index contributed by atoms with van der Waals surface area (Å²) in [5.41, 5.74) is 0.448. The molecule has 1 N–H and O–H groups in total. The van der Waals surface area contributed by atoms with E-state index >= 15 is 0 Å². The van der Waals surface area contributed by atoms with E-state index in [-0.39, 0.29) is 41.6 Å². The molecule has 2 bridgehead atoms. The number of amides is 2. The minimum absolute atomic E-state index is 0.0504. The number of carbonyl (C=O) groups is 2. The summed E-state index contributed by atoms with van der Waals surface area (Å²) < 4.78 is 5.67. The fraction of sp³-hybridized carbons (Fsp3) is 0.429. The monoisotopic (exact) mass is 259 g/mol. The van der Waals surface area contributed by atoms with Crippen LogP contribution in [0.25, 0.3) is 0 Å². The number of carbonyl (C=O) groups excluding carboxylic acids is 2. The molecule has 0 aliphatic carbocycles. The molecule has 4 atom stereocenters. The van der Waals surface area contributed by atoms with Gasteiger partial charge in [-0.1, -0.05) is 6.07 Å². The van der Waals surface area contributed by atoms with Crippen molar-refractivity contribution in [1.82, 2.24) is 0 Å². The quantitative estimate of drug-likeness (QED) is 0.766. The van der Waals surface area contributed by atoms with Crippen molar-refractivity contribution in [1.29, 1.82) is 0 Å². The first kappa shape index (κ1) is 11.0. The van der Waals surface area contributed by atoms with Gasteiger partial charge in [0.2, 0.25) is 11.8 Å². The zero-order chi connectivity index (χ0) is 13.1. The van der Waals surface area contributed by atoms with Crippen molar-refractivity contribution < 1.29 is 19.4 Å². The standard InChI is InChI=1S/C14H13NO4/c16-8-3-1-2-7(6-8)15-13(17)11-9-4-5-10(19-9)12(11)14(15)18/h1-3,6,9-12,16H,4-5H2/t9-,10-,11-,12+/m0/s1. The summed E-state index contributed by atoms with van der Waals surface area (Å²) in [6, 6.07) is 6.26. The third-order valence-corrected chi connectivity index (χ3v) is 4.37. The SMILES string of the molecule is O=C1[C@@H]2[C@H](C(=O)N1c1cccc(O)c1)[C@@H]1CC[C@@H]2O1. The number of hydrogen-bond donors (Lipinski definition) is 1. The minimum atomic E-state index is -0.325. The van der Waals surface area contributed by atoms with Crippen LogP contribution in [-0.2, 0) is 14.3 Å². The van der Waals surface area contributed by atoms with Crippen LogP contribution >= 0.6 is 0 Å². The smallest absolute Gasteiger partial charge is 0.240 e. The van der Waals surface area contributed by atoms with Gasteiger partial charge in [-0.2, -0.15) is 0 Å². The molecule has 0 spiro atoms. The number of nitrogens with zero attached hydrogens (tertiary/aromatic N) is 1. The Morgan fingerprint density at radius 1 is 1.11 bits per heavy atom. The van der Waals surface area contributed by atoms with E-state index in [1.807, 2.05) is 0 Å². The fourth-order valence-corrected chi connectivity index (χ4v) is 3.60. The number of hydrogen-bond acceptors (Lipinski definition) is 4. The number of aromatic hydroxyl groups is 1. The molecule has 3 aliphatic heterocycles. The van der Waals surface area contributed by atoms with E-state index in [0.717, 1.165) is 12.8 Å². The van der Waals surface area contributed by atoms with Gasteiger partial charge in [-0.15, -0.1) is 0 Å². The molecule has 3 aliphatic rings. The summed E-state index contributed by atoms with van der Waals surface area (Å²) in [4.78, 5) is 26.1. The van der Waals surface area contributed by atoms with Crippen LogP contribution in [-0.4, -0.2) is 29.1 Å². The van der Waals surface area contributed by atoms with Gasteiger partial charge < -0.3 is 9.84 Å². The second kappa shape index (κ2) is 3.57. The first-order valence-electron chi connectivity index (χ1n) is 6.49. The highest BCUT2D eigenvalue weighted by atomic mass is 16.5. The van der Waals surface area contributed by atoms with Gasteiger partial charge in [0.1, 0.15) is 5.75 Å². The summed E-state index contributed by atoms with van der Waals surface area (Å²) in [5.74, 6) is -0.975. The number of phenolic OH excluding ortho intramolecular Hbond substituents is 1. The van der Waals surface area contributed by atoms with Crippen LogP contribution in [0.2, 0.25) is 0 Å². The first-order chi connectivity index (χ1) is 9.16. The highest BCUT2D eigenvalue weighted by Crippen LogP contribution is 2.49. The normalized spacial score (nSPS) is 36.1. The van der Waals surface area contributed by atoms with Crippen molar-refractivity contribution in [2.75, 3.05) is 4.90 Å². The van der Waals surface area contributed by atoms with Gasteiger partial charge in [-0.05, 0) is 25.0 Å². The Hall–Kier alpha value is -1.88. The van der Waals surface area contributed by atoms with Crippen molar-refractivity contribution in [3.8, 4) is 5.75 Å². The maximum Gasteiger partial charge on any atom is 0.240 e. The van der Waals surface area contributed by atoms with Crippen molar-refractivity contribution >= 4 is 17.5 Å². The molecule has 0 unspecified atom stereocenters. The Morgan fingerprint density at radius 3 is 2.32 bits per heavy atom. The van der Waals surface area contributed by atoms with Crippen LogP contribution < -0.4 is 4.90 Å². The molecule has 0 aromatic heterocycles. The second-order valence-electron chi connectivity index (χ2n) is 5.37. The molecule has 19 heavy (non-hydrogen) atoms. The number of ether oxygens (including phenoxy) is 1.